The first-order valence-electron chi connectivity index (χ1n) is 4.90. The van der Waals surface area contributed by atoms with Crippen LogP contribution in [0.4, 0.5) is 4.79 Å². The second-order valence-corrected chi connectivity index (χ2v) is 4.49. The maximum Gasteiger partial charge on any atom is 0.346 e. The Morgan fingerprint density at radius 1 is 1.56 bits per heavy atom. The molecule has 2 aliphatic heterocycles. The van der Waals surface area contributed by atoms with Crippen LogP contribution in [0.25, 0.3) is 0 Å². The molecular formula is C8H12N2O5S. The lowest BCUT2D eigenvalue weighted by Crippen LogP contribution is -2.44. The quantitative estimate of drug-likeness (QED) is 0.705. The van der Waals surface area contributed by atoms with Gasteiger partial charge in [0.1, 0.15) is 0 Å². The molecule has 0 radical (unpaired) electrons. The minimum atomic E-state index is -2.51. The average Bonchev–Trinajstić information content (AvgIpc) is 2.43. The highest BCUT2D eigenvalue weighted by Crippen LogP contribution is 2.30. The highest BCUT2D eigenvalue weighted by molar-refractivity contribution is 7.74. The Morgan fingerprint density at radius 2 is 2.25 bits per heavy atom. The van der Waals surface area contributed by atoms with Crippen molar-refractivity contribution in [2.75, 3.05) is 6.54 Å². The molecule has 2 bridgehead atoms. The molecule has 0 aromatic rings. The lowest BCUT2D eigenvalue weighted by molar-refractivity contribution is -0.121. The van der Waals surface area contributed by atoms with Crippen LogP contribution in [0.15, 0.2) is 0 Å². The molecule has 90 valence electrons. The molecule has 2 heterocycles. The number of ketones is 1. The first kappa shape index (κ1) is 11.5. The molecule has 8 heteroatoms. The lowest BCUT2D eigenvalue weighted by atomic mass is 9.98. The molecule has 2 aliphatic rings. The molecular weight excluding hydrogens is 236 g/mol. The van der Waals surface area contributed by atoms with Gasteiger partial charge in [-0.15, -0.1) is 4.28 Å². The molecule has 2 amide bonds. The van der Waals surface area contributed by atoms with Crippen molar-refractivity contribution in [3.05, 3.63) is 0 Å². The van der Waals surface area contributed by atoms with E-state index in [1.165, 1.54) is 11.8 Å². The van der Waals surface area contributed by atoms with Gasteiger partial charge in [0.2, 0.25) is 0 Å². The largest absolute Gasteiger partial charge is 0.346 e. The fourth-order valence-electron chi connectivity index (χ4n) is 2.22. The van der Waals surface area contributed by atoms with Gasteiger partial charge < -0.3 is 4.90 Å². The first-order chi connectivity index (χ1) is 7.50. The standard InChI is InChI=1S/C8H12N2O5S/c1-5(11)7-3-2-6-4-9(7)8(12)10(6)15-16(13)14/h6-7H,2-4H2,1H3,(H,13,14)/t6-,7+/m1/s1. The van der Waals surface area contributed by atoms with Crippen molar-refractivity contribution in [3.8, 4) is 0 Å². The number of Topliss-reactive ketones (excluding diaryl/α,β-unsaturated/α-hetero) is 1. The number of urea groups is 1. The van der Waals surface area contributed by atoms with E-state index in [1.807, 2.05) is 0 Å². The molecule has 1 N–H and O–H groups in total. The fraction of sp³-hybridized carbons (Fsp3) is 0.750. The van der Waals surface area contributed by atoms with Gasteiger partial charge in [-0.25, -0.2) is 4.79 Å². The van der Waals surface area contributed by atoms with Crippen LogP contribution in [0.3, 0.4) is 0 Å². The number of piperidine rings is 1. The predicted octanol–water partition coefficient (Wildman–Crippen LogP) is -0.0877. The number of nitrogens with zero attached hydrogens (tertiary/aromatic N) is 2. The van der Waals surface area contributed by atoms with Gasteiger partial charge in [0.25, 0.3) is 0 Å². The van der Waals surface area contributed by atoms with Crippen LogP contribution in [-0.4, -0.2) is 49.2 Å². The Labute approximate surface area is 94.8 Å². The summed E-state index contributed by atoms with van der Waals surface area (Å²) < 4.78 is 23.6. The Hall–Kier alpha value is -0.990. The molecule has 1 unspecified atom stereocenters. The van der Waals surface area contributed by atoms with Crippen LogP contribution in [0.5, 0.6) is 0 Å². The smallest absolute Gasteiger partial charge is 0.311 e. The lowest BCUT2D eigenvalue weighted by Gasteiger charge is -2.28. The summed E-state index contributed by atoms with van der Waals surface area (Å²) in [5, 5.41) is 0.902. The number of carbonyl (C=O) groups excluding carboxylic acids is 2. The van der Waals surface area contributed by atoms with Crippen molar-refractivity contribution >= 4 is 23.2 Å². The van der Waals surface area contributed by atoms with E-state index in [0.29, 0.717) is 19.4 Å². The Morgan fingerprint density at radius 3 is 2.81 bits per heavy atom. The molecule has 3 atom stereocenters. The first-order valence-corrected chi connectivity index (χ1v) is 5.93. The van der Waals surface area contributed by atoms with Crippen LogP contribution >= 0.6 is 0 Å². The third-order valence-electron chi connectivity index (χ3n) is 2.94. The van der Waals surface area contributed by atoms with Crippen LogP contribution < -0.4 is 0 Å². The minimum absolute atomic E-state index is 0.0706. The van der Waals surface area contributed by atoms with E-state index in [2.05, 4.69) is 4.28 Å². The average molecular weight is 248 g/mol. The van der Waals surface area contributed by atoms with Crippen LogP contribution in [0.2, 0.25) is 0 Å². The normalized spacial score (nSPS) is 30.8. The van der Waals surface area contributed by atoms with Crippen molar-refractivity contribution in [2.45, 2.75) is 31.8 Å². The maximum absolute atomic E-state index is 11.8. The summed E-state index contributed by atoms with van der Waals surface area (Å²) in [6.45, 7) is 1.81. The van der Waals surface area contributed by atoms with Gasteiger partial charge in [0.05, 0.1) is 12.1 Å². The molecule has 0 saturated carbocycles. The van der Waals surface area contributed by atoms with Crippen LogP contribution in [0, 0.1) is 0 Å². The number of fused-ring (bicyclic) bond motifs is 2. The van der Waals surface area contributed by atoms with Gasteiger partial charge >= 0.3 is 17.4 Å². The molecule has 2 rings (SSSR count). The number of hydroxylamine groups is 2. The van der Waals surface area contributed by atoms with E-state index in [9.17, 15) is 13.8 Å². The van der Waals surface area contributed by atoms with Gasteiger partial charge in [0, 0.05) is 6.54 Å². The van der Waals surface area contributed by atoms with Crippen molar-refractivity contribution < 1.29 is 22.6 Å². The second-order valence-electron chi connectivity index (χ2n) is 3.91. The van der Waals surface area contributed by atoms with Gasteiger partial charge in [-0.1, -0.05) is 0 Å². The Balaban J connectivity index is 2.16. The van der Waals surface area contributed by atoms with E-state index < -0.39 is 23.4 Å². The predicted molar refractivity (Wildman–Crippen MR) is 53.3 cm³/mol. The van der Waals surface area contributed by atoms with E-state index >= 15 is 0 Å². The van der Waals surface area contributed by atoms with Gasteiger partial charge in [-0.3, -0.25) is 9.35 Å². The van der Waals surface area contributed by atoms with Crippen molar-refractivity contribution in [2.24, 2.45) is 0 Å². The van der Waals surface area contributed by atoms with Crippen molar-refractivity contribution in [1.82, 2.24) is 9.96 Å². The summed E-state index contributed by atoms with van der Waals surface area (Å²) in [6.07, 6.45) is 1.17. The molecule has 2 saturated heterocycles. The highest BCUT2D eigenvalue weighted by atomic mass is 32.2. The molecule has 2 fully saturated rings. The van der Waals surface area contributed by atoms with Gasteiger partial charge in [0.15, 0.2) is 5.78 Å². The summed E-state index contributed by atoms with van der Waals surface area (Å²) in [7, 11) is 0. The van der Waals surface area contributed by atoms with Gasteiger partial charge in [-0.05, 0) is 19.8 Å². The second kappa shape index (κ2) is 4.11. The highest BCUT2D eigenvalue weighted by Gasteiger charge is 2.47. The molecule has 16 heavy (non-hydrogen) atoms. The Kier molecular flexibility index (Phi) is 2.96. The van der Waals surface area contributed by atoms with Gasteiger partial charge in [-0.2, -0.15) is 9.27 Å². The zero-order valence-electron chi connectivity index (χ0n) is 8.66. The van der Waals surface area contributed by atoms with Crippen molar-refractivity contribution in [1.29, 1.82) is 0 Å². The maximum atomic E-state index is 11.8. The molecule has 7 nitrogen and oxygen atoms in total. The van der Waals surface area contributed by atoms with E-state index in [1.54, 1.807) is 0 Å². The Bertz CT molecular complexity index is 356. The molecule has 0 aromatic carbocycles. The van der Waals surface area contributed by atoms with Crippen molar-refractivity contribution in [3.63, 3.8) is 0 Å². The summed E-state index contributed by atoms with van der Waals surface area (Å²) in [5.74, 6) is -0.0706. The summed E-state index contributed by atoms with van der Waals surface area (Å²) in [4.78, 5) is 24.5. The molecule has 0 aliphatic carbocycles. The minimum Gasteiger partial charge on any atom is -0.311 e. The summed E-state index contributed by atoms with van der Waals surface area (Å²) in [6, 6.07) is -1.17. The monoisotopic (exact) mass is 248 g/mol. The topological polar surface area (TPSA) is 87.2 Å². The zero-order valence-corrected chi connectivity index (χ0v) is 9.48. The number of hydrogen-bond acceptors (Lipinski definition) is 4. The third kappa shape index (κ3) is 1.83. The number of rotatable bonds is 3. The van der Waals surface area contributed by atoms with E-state index in [-0.39, 0.29) is 11.8 Å². The summed E-state index contributed by atoms with van der Waals surface area (Å²) >= 11 is -2.51. The SMILES string of the molecule is CC(=O)[C@@H]1CC[C@@H]2CN1C(=O)N2OS(=O)O. The third-order valence-corrected chi connectivity index (χ3v) is 3.22. The van der Waals surface area contributed by atoms with E-state index in [0.717, 1.165) is 5.06 Å². The zero-order chi connectivity index (χ0) is 11.9. The number of amides is 2. The fourth-order valence-corrected chi connectivity index (χ4v) is 2.54. The number of carbonyl (C=O) groups is 2. The molecule has 0 spiro atoms. The van der Waals surface area contributed by atoms with Crippen LogP contribution in [-0.2, 0) is 20.4 Å². The number of hydrogen-bond donors (Lipinski definition) is 1. The van der Waals surface area contributed by atoms with Crippen LogP contribution in [0.1, 0.15) is 19.8 Å². The molecule has 0 aromatic heterocycles. The summed E-state index contributed by atoms with van der Waals surface area (Å²) in [5.41, 5.74) is 0. The van der Waals surface area contributed by atoms with E-state index in [4.69, 9.17) is 4.55 Å².